The molecule has 1 atom stereocenters. The van der Waals surface area contributed by atoms with Crippen molar-refractivity contribution in [2.75, 3.05) is 0 Å². The number of aromatic nitrogens is 2. The van der Waals surface area contributed by atoms with Gasteiger partial charge in [-0.15, -0.1) is 0 Å². The van der Waals surface area contributed by atoms with Crippen LogP contribution in [0.1, 0.15) is 34.6 Å². The fraction of sp³-hybridized carbons (Fsp3) is 0.214. The maximum atomic E-state index is 12.2. The molecule has 0 aliphatic carbocycles. The highest BCUT2D eigenvalue weighted by molar-refractivity contribution is 5.96. The largest absolute Gasteiger partial charge is 0.345 e. The van der Waals surface area contributed by atoms with E-state index >= 15 is 0 Å². The molecule has 0 fully saturated rings. The zero-order valence-corrected chi connectivity index (χ0v) is 11.6. The number of hydrogen-bond acceptors (Lipinski definition) is 5. The monoisotopic (exact) mass is 286 g/mol. The van der Waals surface area contributed by atoms with Gasteiger partial charge in [0.15, 0.2) is 0 Å². The SMILES string of the molecule is Cc1ncc([N+](=O)[O-])cc1C(=O)NC(C)c1ccncc1. The number of pyridine rings is 2. The molecule has 0 saturated heterocycles. The number of carbonyl (C=O) groups excluding carboxylic acids is 1. The normalized spacial score (nSPS) is 11.7. The van der Waals surface area contributed by atoms with Crippen molar-refractivity contribution in [2.45, 2.75) is 19.9 Å². The third kappa shape index (κ3) is 3.38. The maximum absolute atomic E-state index is 12.2. The molecule has 0 saturated carbocycles. The number of nitrogens with one attached hydrogen (secondary N) is 1. The Bertz CT molecular complexity index is 673. The van der Waals surface area contributed by atoms with Gasteiger partial charge >= 0.3 is 0 Å². The molecule has 2 heterocycles. The fourth-order valence-electron chi connectivity index (χ4n) is 1.86. The molecule has 108 valence electrons. The van der Waals surface area contributed by atoms with Crippen molar-refractivity contribution in [3.8, 4) is 0 Å². The molecule has 2 aromatic rings. The summed E-state index contributed by atoms with van der Waals surface area (Å²) in [5.41, 5.74) is 1.34. The first-order valence-electron chi connectivity index (χ1n) is 6.31. The first-order valence-corrected chi connectivity index (χ1v) is 6.31. The van der Waals surface area contributed by atoms with Crippen molar-refractivity contribution in [3.63, 3.8) is 0 Å². The molecule has 1 N–H and O–H groups in total. The van der Waals surface area contributed by atoms with Crippen LogP contribution in [0.25, 0.3) is 0 Å². The summed E-state index contributed by atoms with van der Waals surface area (Å²) in [4.78, 5) is 30.2. The number of nitro groups is 1. The number of nitrogens with zero attached hydrogens (tertiary/aromatic N) is 3. The second kappa shape index (κ2) is 6.08. The highest BCUT2D eigenvalue weighted by Gasteiger charge is 2.17. The summed E-state index contributed by atoms with van der Waals surface area (Å²) in [5, 5.41) is 13.5. The van der Waals surface area contributed by atoms with Gasteiger partial charge in [-0.2, -0.15) is 0 Å². The van der Waals surface area contributed by atoms with Gasteiger partial charge in [0.1, 0.15) is 6.20 Å². The summed E-state index contributed by atoms with van der Waals surface area (Å²) >= 11 is 0. The minimum Gasteiger partial charge on any atom is -0.345 e. The van der Waals surface area contributed by atoms with E-state index in [4.69, 9.17) is 0 Å². The lowest BCUT2D eigenvalue weighted by Crippen LogP contribution is -2.27. The Kier molecular flexibility index (Phi) is 4.22. The van der Waals surface area contributed by atoms with Crippen molar-refractivity contribution in [3.05, 3.63) is 63.7 Å². The number of aryl methyl sites for hydroxylation is 1. The third-order valence-electron chi connectivity index (χ3n) is 3.08. The zero-order chi connectivity index (χ0) is 15.4. The Morgan fingerprint density at radius 2 is 2.05 bits per heavy atom. The van der Waals surface area contributed by atoms with E-state index in [0.29, 0.717) is 5.69 Å². The average Bonchev–Trinajstić information content (AvgIpc) is 2.48. The van der Waals surface area contributed by atoms with E-state index < -0.39 is 10.8 Å². The molecule has 7 nitrogen and oxygen atoms in total. The summed E-state index contributed by atoms with van der Waals surface area (Å²) < 4.78 is 0. The Balaban J connectivity index is 2.21. The lowest BCUT2D eigenvalue weighted by atomic mass is 10.1. The van der Waals surface area contributed by atoms with E-state index in [-0.39, 0.29) is 17.3 Å². The van der Waals surface area contributed by atoms with Crippen LogP contribution in [-0.2, 0) is 0 Å². The molecule has 0 aliphatic rings. The van der Waals surface area contributed by atoms with Crippen LogP contribution in [0, 0.1) is 17.0 Å². The number of amides is 1. The molecule has 2 rings (SSSR count). The van der Waals surface area contributed by atoms with Gasteiger partial charge in [-0.25, -0.2) is 0 Å². The predicted octanol–water partition coefficient (Wildman–Crippen LogP) is 2.18. The summed E-state index contributed by atoms with van der Waals surface area (Å²) in [6.07, 6.45) is 4.41. The Morgan fingerprint density at radius 3 is 2.67 bits per heavy atom. The molecular weight excluding hydrogens is 272 g/mol. The number of rotatable bonds is 4. The van der Waals surface area contributed by atoms with E-state index in [1.54, 1.807) is 31.5 Å². The number of hydrogen-bond donors (Lipinski definition) is 1. The molecule has 0 aromatic carbocycles. The minimum atomic E-state index is -0.574. The van der Waals surface area contributed by atoms with Gasteiger partial charge in [-0.05, 0) is 31.5 Å². The molecule has 21 heavy (non-hydrogen) atoms. The van der Waals surface area contributed by atoms with Gasteiger partial charge in [-0.1, -0.05) is 0 Å². The topological polar surface area (TPSA) is 98.0 Å². The smallest absolute Gasteiger partial charge is 0.288 e. The minimum absolute atomic E-state index is 0.199. The summed E-state index contributed by atoms with van der Waals surface area (Å²) in [6, 6.07) is 4.59. The van der Waals surface area contributed by atoms with E-state index in [9.17, 15) is 14.9 Å². The molecule has 1 unspecified atom stereocenters. The van der Waals surface area contributed by atoms with Crippen LogP contribution >= 0.6 is 0 Å². The average molecular weight is 286 g/mol. The van der Waals surface area contributed by atoms with E-state index in [1.165, 1.54) is 6.07 Å². The van der Waals surface area contributed by atoms with Crippen LogP contribution in [0.15, 0.2) is 36.8 Å². The maximum Gasteiger partial charge on any atom is 0.288 e. The van der Waals surface area contributed by atoms with E-state index in [2.05, 4.69) is 15.3 Å². The fourth-order valence-corrected chi connectivity index (χ4v) is 1.86. The van der Waals surface area contributed by atoms with Crippen LogP contribution in [0.5, 0.6) is 0 Å². The van der Waals surface area contributed by atoms with Gasteiger partial charge < -0.3 is 5.32 Å². The van der Waals surface area contributed by atoms with Crippen LogP contribution < -0.4 is 5.32 Å². The zero-order valence-electron chi connectivity index (χ0n) is 11.6. The van der Waals surface area contributed by atoms with Crippen LogP contribution in [-0.4, -0.2) is 20.8 Å². The molecule has 1 amide bonds. The van der Waals surface area contributed by atoms with Crippen molar-refractivity contribution in [2.24, 2.45) is 0 Å². The first-order chi connectivity index (χ1) is 9.99. The first kappa shape index (κ1) is 14.6. The standard InChI is InChI=1S/C14H14N4O3/c1-9(11-3-5-15-6-4-11)17-14(19)13-7-12(18(20)21)8-16-10(13)2/h3-9H,1-2H3,(H,17,19). The quantitative estimate of drug-likeness (QED) is 0.686. The summed E-state index contributed by atoms with van der Waals surface area (Å²) in [7, 11) is 0. The van der Waals surface area contributed by atoms with Crippen molar-refractivity contribution < 1.29 is 9.72 Å². The van der Waals surface area contributed by atoms with Crippen LogP contribution in [0.2, 0.25) is 0 Å². The van der Waals surface area contributed by atoms with E-state index in [0.717, 1.165) is 11.8 Å². The van der Waals surface area contributed by atoms with E-state index in [1.807, 2.05) is 6.92 Å². The van der Waals surface area contributed by atoms with Crippen molar-refractivity contribution in [1.29, 1.82) is 0 Å². The van der Waals surface area contributed by atoms with Gasteiger partial charge in [0, 0.05) is 18.5 Å². The van der Waals surface area contributed by atoms with Gasteiger partial charge in [0.25, 0.3) is 11.6 Å². The molecule has 0 bridgehead atoms. The molecular formula is C14H14N4O3. The Labute approximate surface area is 121 Å². The van der Waals surface area contributed by atoms with Crippen molar-refractivity contribution >= 4 is 11.6 Å². The molecule has 0 radical (unpaired) electrons. The van der Waals surface area contributed by atoms with Crippen LogP contribution in [0.3, 0.4) is 0 Å². The lowest BCUT2D eigenvalue weighted by molar-refractivity contribution is -0.385. The second-order valence-corrected chi connectivity index (χ2v) is 4.56. The Hall–Kier alpha value is -2.83. The van der Waals surface area contributed by atoms with Gasteiger partial charge in [0.05, 0.1) is 22.2 Å². The predicted molar refractivity (Wildman–Crippen MR) is 75.7 cm³/mol. The second-order valence-electron chi connectivity index (χ2n) is 4.56. The Morgan fingerprint density at radius 1 is 1.38 bits per heavy atom. The molecule has 0 spiro atoms. The highest BCUT2D eigenvalue weighted by atomic mass is 16.6. The third-order valence-corrected chi connectivity index (χ3v) is 3.08. The van der Waals surface area contributed by atoms with Crippen LogP contribution in [0.4, 0.5) is 5.69 Å². The lowest BCUT2D eigenvalue weighted by Gasteiger charge is -2.14. The summed E-state index contributed by atoms with van der Waals surface area (Å²) in [6.45, 7) is 3.46. The molecule has 7 heteroatoms. The number of carbonyl (C=O) groups is 1. The molecule has 2 aromatic heterocycles. The van der Waals surface area contributed by atoms with Gasteiger partial charge in [0.2, 0.25) is 0 Å². The van der Waals surface area contributed by atoms with Gasteiger partial charge in [-0.3, -0.25) is 24.9 Å². The summed E-state index contributed by atoms with van der Waals surface area (Å²) in [5.74, 6) is -0.395. The highest BCUT2D eigenvalue weighted by Crippen LogP contribution is 2.17. The molecule has 0 aliphatic heterocycles. The van der Waals surface area contributed by atoms with Crippen molar-refractivity contribution in [1.82, 2.24) is 15.3 Å².